The number of nitrogens with zero attached hydrogens (tertiary/aromatic N) is 2. The zero-order chi connectivity index (χ0) is 17.8. The number of methoxy groups -OCH3 is 1. The third kappa shape index (κ3) is 3.78. The molecule has 3 aromatic rings. The highest BCUT2D eigenvalue weighted by molar-refractivity contribution is 6.30. The van der Waals surface area contributed by atoms with E-state index in [0.29, 0.717) is 29.4 Å². The maximum atomic E-state index is 9.46. The van der Waals surface area contributed by atoms with E-state index >= 15 is 0 Å². The highest BCUT2D eigenvalue weighted by atomic mass is 35.5. The van der Waals surface area contributed by atoms with Gasteiger partial charge in [-0.2, -0.15) is 5.26 Å². The van der Waals surface area contributed by atoms with Crippen LogP contribution in [0.3, 0.4) is 0 Å². The average molecular weight is 352 g/mol. The zero-order valence-corrected chi connectivity index (χ0v) is 14.6. The first-order chi connectivity index (χ1) is 12.1. The fourth-order valence-corrected chi connectivity index (χ4v) is 3.05. The lowest BCUT2D eigenvalue weighted by atomic mass is 10.1. The van der Waals surface area contributed by atoms with Gasteiger partial charge in [-0.05, 0) is 41.5 Å². The van der Waals surface area contributed by atoms with Gasteiger partial charge in [-0.1, -0.05) is 35.9 Å². The van der Waals surface area contributed by atoms with E-state index in [1.807, 2.05) is 53.1 Å². The number of benzene rings is 2. The van der Waals surface area contributed by atoms with Crippen LogP contribution in [0.1, 0.15) is 22.5 Å². The number of aromatic nitrogens is 1. The number of hydrogen-bond acceptors (Lipinski definition) is 3. The lowest BCUT2D eigenvalue weighted by Crippen LogP contribution is -2.08. The second-order valence-corrected chi connectivity index (χ2v) is 6.22. The molecule has 126 valence electrons. The van der Waals surface area contributed by atoms with Crippen molar-refractivity contribution in [1.82, 2.24) is 4.57 Å². The molecule has 0 aliphatic carbocycles. The predicted molar refractivity (Wildman–Crippen MR) is 99.9 cm³/mol. The largest absolute Gasteiger partial charge is 0.497 e. The number of anilines is 1. The van der Waals surface area contributed by atoms with Crippen LogP contribution in [0, 0.1) is 11.3 Å². The minimum absolute atomic E-state index is 0.547. The Kier molecular flexibility index (Phi) is 4.97. The van der Waals surface area contributed by atoms with Crippen molar-refractivity contribution in [2.45, 2.75) is 13.0 Å². The Bertz CT molecular complexity index is 923. The van der Waals surface area contributed by atoms with Crippen LogP contribution >= 0.6 is 11.6 Å². The molecule has 5 heteroatoms. The summed E-state index contributed by atoms with van der Waals surface area (Å²) in [6, 6.07) is 19.4. The summed E-state index contributed by atoms with van der Waals surface area (Å²) in [7, 11) is 1.64. The molecule has 0 atom stereocenters. The van der Waals surface area contributed by atoms with Crippen LogP contribution in [-0.2, 0) is 13.0 Å². The summed E-state index contributed by atoms with van der Waals surface area (Å²) in [5.74, 6) is 0.801. The molecule has 1 heterocycles. The number of nitrogens with two attached hydrogens (primary N) is 1. The summed E-state index contributed by atoms with van der Waals surface area (Å²) in [6.45, 7) is 0.569. The Morgan fingerprint density at radius 2 is 1.88 bits per heavy atom. The van der Waals surface area contributed by atoms with Crippen molar-refractivity contribution in [3.8, 4) is 11.8 Å². The third-order valence-corrected chi connectivity index (χ3v) is 4.35. The summed E-state index contributed by atoms with van der Waals surface area (Å²) in [6.07, 6.45) is 0.615. The van der Waals surface area contributed by atoms with Gasteiger partial charge in [-0.25, -0.2) is 0 Å². The van der Waals surface area contributed by atoms with Crippen LogP contribution in [0.4, 0.5) is 5.69 Å². The second-order valence-electron chi connectivity index (χ2n) is 5.78. The van der Waals surface area contributed by atoms with Crippen LogP contribution in [0.5, 0.6) is 5.75 Å². The maximum absolute atomic E-state index is 9.46. The van der Waals surface area contributed by atoms with Crippen molar-refractivity contribution in [3.63, 3.8) is 0 Å². The van der Waals surface area contributed by atoms with Crippen molar-refractivity contribution in [2.75, 3.05) is 12.8 Å². The van der Waals surface area contributed by atoms with E-state index in [1.54, 1.807) is 13.2 Å². The molecule has 4 nitrogen and oxygen atoms in total. The molecule has 0 unspecified atom stereocenters. The van der Waals surface area contributed by atoms with Crippen molar-refractivity contribution in [1.29, 1.82) is 5.26 Å². The van der Waals surface area contributed by atoms with Crippen LogP contribution in [0.2, 0.25) is 5.02 Å². The van der Waals surface area contributed by atoms with Crippen LogP contribution in [0.15, 0.2) is 54.6 Å². The van der Waals surface area contributed by atoms with Crippen molar-refractivity contribution in [2.24, 2.45) is 0 Å². The molecule has 0 radical (unpaired) electrons. The van der Waals surface area contributed by atoms with Gasteiger partial charge in [0.25, 0.3) is 0 Å². The van der Waals surface area contributed by atoms with E-state index in [9.17, 15) is 5.26 Å². The molecule has 0 amide bonds. The molecule has 0 aliphatic rings. The number of nitrogen functional groups attached to an aromatic ring is 1. The van der Waals surface area contributed by atoms with E-state index in [0.717, 1.165) is 22.6 Å². The molecule has 0 bridgehead atoms. The summed E-state index contributed by atoms with van der Waals surface area (Å²) in [5.41, 5.74) is 10.4. The minimum atomic E-state index is 0.547. The van der Waals surface area contributed by atoms with Crippen molar-refractivity contribution < 1.29 is 4.74 Å². The highest BCUT2D eigenvalue weighted by Gasteiger charge is 2.14. The van der Waals surface area contributed by atoms with Gasteiger partial charge in [0.15, 0.2) is 0 Å². The Balaban J connectivity index is 1.95. The first-order valence-corrected chi connectivity index (χ1v) is 8.24. The molecule has 2 aromatic carbocycles. The summed E-state index contributed by atoms with van der Waals surface area (Å²) in [4.78, 5) is 0. The van der Waals surface area contributed by atoms with Gasteiger partial charge >= 0.3 is 0 Å². The number of rotatable bonds is 5. The number of ether oxygens (including phenoxy) is 1. The Labute approximate surface area is 152 Å². The molecule has 0 fully saturated rings. The summed E-state index contributed by atoms with van der Waals surface area (Å²) < 4.78 is 7.15. The average Bonchev–Trinajstić information content (AvgIpc) is 2.91. The fourth-order valence-electron chi connectivity index (χ4n) is 2.83. The molecule has 0 saturated carbocycles. The normalized spacial score (nSPS) is 10.4. The van der Waals surface area contributed by atoms with Gasteiger partial charge in [-0.15, -0.1) is 0 Å². The lowest BCUT2D eigenvalue weighted by Gasteiger charge is -2.12. The molecule has 0 aliphatic heterocycles. The molecule has 1 aromatic heterocycles. The maximum Gasteiger partial charge on any atom is 0.122 e. The number of hydrogen-bond donors (Lipinski definition) is 1. The van der Waals surface area contributed by atoms with E-state index in [4.69, 9.17) is 22.1 Å². The predicted octanol–water partition coefficient (Wildman–Crippen LogP) is 4.24. The SMILES string of the molecule is COc1ccc(Cn2c(C#N)cc(N)c2Cc2cccc(Cl)c2)cc1. The van der Waals surface area contributed by atoms with E-state index in [-0.39, 0.29) is 0 Å². The Hall–Kier alpha value is -2.90. The van der Waals surface area contributed by atoms with Crippen LogP contribution in [0.25, 0.3) is 0 Å². The van der Waals surface area contributed by atoms with Gasteiger partial charge in [0.1, 0.15) is 17.5 Å². The van der Waals surface area contributed by atoms with Crippen molar-refractivity contribution in [3.05, 3.63) is 82.1 Å². The standard InChI is InChI=1S/C20H18ClN3O/c1-25-18-7-5-14(6-8-18)13-24-17(12-22)11-19(23)20(24)10-15-3-2-4-16(21)9-15/h2-9,11H,10,13,23H2,1H3. The van der Waals surface area contributed by atoms with Crippen molar-refractivity contribution >= 4 is 17.3 Å². The molecule has 0 spiro atoms. The summed E-state index contributed by atoms with van der Waals surface area (Å²) in [5, 5.41) is 10.1. The number of nitriles is 1. The lowest BCUT2D eigenvalue weighted by molar-refractivity contribution is 0.414. The zero-order valence-electron chi connectivity index (χ0n) is 13.9. The van der Waals surface area contributed by atoms with Gasteiger partial charge < -0.3 is 15.0 Å². The molecule has 2 N–H and O–H groups in total. The van der Waals surface area contributed by atoms with E-state index < -0.39 is 0 Å². The molecule has 0 saturated heterocycles. The van der Waals surface area contributed by atoms with E-state index in [1.165, 1.54) is 0 Å². The van der Waals surface area contributed by atoms with Gasteiger partial charge in [-0.3, -0.25) is 0 Å². The van der Waals surface area contributed by atoms with Gasteiger partial charge in [0, 0.05) is 23.7 Å². The molecule has 3 rings (SSSR count). The summed E-state index contributed by atoms with van der Waals surface area (Å²) >= 11 is 6.08. The first kappa shape index (κ1) is 16.9. The minimum Gasteiger partial charge on any atom is -0.497 e. The van der Waals surface area contributed by atoms with Gasteiger partial charge in [0.05, 0.1) is 12.8 Å². The van der Waals surface area contributed by atoms with Crippen LogP contribution < -0.4 is 10.5 Å². The Morgan fingerprint density at radius 1 is 1.12 bits per heavy atom. The number of halogens is 1. The highest BCUT2D eigenvalue weighted by Crippen LogP contribution is 2.24. The molecule has 25 heavy (non-hydrogen) atoms. The molecular weight excluding hydrogens is 334 g/mol. The Morgan fingerprint density at radius 3 is 2.52 bits per heavy atom. The molecular formula is C20H18ClN3O. The quantitative estimate of drug-likeness (QED) is 0.747. The smallest absolute Gasteiger partial charge is 0.122 e. The fraction of sp³-hybridized carbons (Fsp3) is 0.150. The third-order valence-electron chi connectivity index (χ3n) is 4.12. The monoisotopic (exact) mass is 351 g/mol. The topological polar surface area (TPSA) is 64.0 Å². The van der Waals surface area contributed by atoms with Crippen LogP contribution in [-0.4, -0.2) is 11.7 Å². The first-order valence-electron chi connectivity index (χ1n) is 7.86. The second kappa shape index (κ2) is 7.33. The van der Waals surface area contributed by atoms with Gasteiger partial charge in [0.2, 0.25) is 0 Å². The van der Waals surface area contributed by atoms with E-state index in [2.05, 4.69) is 6.07 Å².